The van der Waals surface area contributed by atoms with Crippen molar-refractivity contribution in [1.29, 1.82) is 5.26 Å². The molecule has 0 amide bonds. The number of hydrogen-bond acceptors (Lipinski definition) is 3. The maximum atomic E-state index is 13.7. The Morgan fingerprint density at radius 3 is 2.81 bits per heavy atom. The standard InChI is InChI=1S/C16H11BrFNO2/c1-10-4-14(17)6-12(8-20)16(10)21-9-13-5-11(7-19)2-3-15(13)18/h2-6,8H,9H2,1H3. The number of aryl methyl sites for hydroxylation is 1. The maximum absolute atomic E-state index is 13.7. The summed E-state index contributed by atoms with van der Waals surface area (Å²) in [6.45, 7) is 1.75. The summed E-state index contributed by atoms with van der Waals surface area (Å²) in [7, 11) is 0. The van der Waals surface area contributed by atoms with Gasteiger partial charge in [0.1, 0.15) is 18.2 Å². The summed E-state index contributed by atoms with van der Waals surface area (Å²) >= 11 is 3.30. The van der Waals surface area contributed by atoms with Gasteiger partial charge in [0, 0.05) is 10.0 Å². The van der Waals surface area contributed by atoms with Crippen molar-refractivity contribution in [3.63, 3.8) is 0 Å². The van der Waals surface area contributed by atoms with Gasteiger partial charge in [-0.1, -0.05) is 15.9 Å². The van der Waals surface area contributed by atoms with E-state index >= 15 is 0 Å². The van der Waals surface area contributed by atoms with Crippen LogP contribution in [0.25, 0.3) is 0 Å². The number of rotatable bonds is 4. The smallest absolute Gasteiger partial charge is 0.153 e. The molecule has 106 valence electrons. The highest BCUT2D eigenvalue weighted by Gasteiger charge is 2.11. The van der Waals surface area contributed by atoms with Gasteiger partial charge in [0.2, 0.25) is 0 Å². The molecule has 3 nitrogen and oxygen atoms in total. The van der Waals surface area contributed by atoms with Gasteiger partial charge in [-0.05, 0) is 42.8 Å². The van der Waals surface area contributed by atoms with Gasteiger partial charge < -0.3 is 4.74 Å². The van der Waals surface area contributed by atoms with Gasteiger partial charge >= 0.3 is 0 Å². The number of hydrogen-bond donors (Lipinski definition) is 0. The Morgan fingerprint density at radius 1 is 1.38 bits per heavy atom. The maximum Gasteiger partial charge on any atom is 0.153 e. The SMILES string of the molecule is Cc1cc(Br)cc(C=O)c1OCc1cc(C#N)ccc1F. The van der Waals surface area contributed by atoms with Crippen molar-refractivity contribution in [2.24, 2.45) is 0 Å². The average Bonchev–Trinajstić information content (AvgIpc) is 2.47. The fraction of sp³-hybridized carbons (Fsp3) is 0.125. The first-order valence-electron chi connectivity index (χ1n) is 6.12. The molecule has 0 saturated heterocycles. The van der Waals surface area contributed by atoms with Crippen LogP contribution in [0.1, 0.15) is 27.0 Å². The molecule has 0 unspecified atom stereocenters. The largest absolute Gasteiger partial charge is 0.488 e. The molecule has 2 aromatic rings. The number of halogens is 2. The topological polar surface area (TPSA) is 50.1 Å². The molecule has 2 rings (SSSR count). The fourth-order valence-electron chi connectivity index (χ4n) is 1.95. The Balaban J connectivity index is 2.29. The van der Waals surface area contributed by atoms with Gasteiger partial charge in [-0.2, -0.15) is 5.26 Å². The first-order valence-corrected chi connectivity index (χ1v) is 6.91. The lowest BCUT2D eigenvalue weighted by Gasteiger charge is -2.12. The van der Waals surface area contributed by atoms with Crippen LogP contribution in [0, 0.1) is 24.1 Å². The zero-order chi connectivity index (χ0) is 15.4. The molecular formula is C16H11BrFNO2. The third-order valence-electron chi connectivity index (χ3n) is 2.94. The number of carbonyl (C=O) groups excluding carboxylic acids is 1. The molecule has 0 aromatic heterocycles. The minimum absolute atomic E-state index is 0.0509. The number of ether oxygens (including phenoxy) is 1. The van der Waals surface area contributed by atoms with E-state index in [1.165, 1.54) is 18.2 Å². The van der Waals surface area contributed by atoms with Gasteiger partial charge in [-0.25, -0.2) is 4.39 Å². The summed E-state index contributed by atoms with van der Waals surface area (Å²) in [5.41, 5.74) is 1.79. The van der Waals surface area contributed by atoms with Crippen molar-refractivity contribution in [3.05, 3.63) is 62.9 Å². The fourth-order valence-corrected chi connectivity index (χ4v) is 2.54. The van der Waals surface area contributed by atoms with E-state index in [9.17, 15) is 9.18 Å². The third-order valence-corrected chi connectivity index (χ3v) is 3.40. The molecular weight excluding hydrogens is 337 g/mol. The Labute approximate surface area is 130 Å². The van der Waals surface area contributed by atoms with Crippen molar-refractivity contribution >= 4 is 22.2 Å². The van der Waals surface area contributed by atoms with E-state index in [-0.39, 0.29) is 12.2 Å². The zero-order valence-corrected chi connectivity index (χ0v) is 12.8. The highest BCUT2D eigenvalue weighted by molar-refractivity contribution is 9.10. The molecule has 0 N–H and O–H groups in total. The predicted octanol–water partition coefficient (Wildman–Crippen LogP) is 4.16. The van der Waals surface area contributed by atoms with Gasteiger partial charge in [-0.15, -0.1) is 0 Å². The van der Waals surface area contributed by atoms with Crippen LogP contribution < -0.4 is 4.74 Å². The average molecular weight is 348 g/mol. The summed E-state index contributed by atoms with van der Waals surface area (Å²) < 4.78 is 20.0. The first kappa shape index (κ1) is 15.2. The number of carbonyl (C=O) groups is 1. The molecule has 0 saturated carbocycles. The van der Waals surface area contributed by atoms with Gasteiger partial charge in [0.25, 0.3) is 0 Å². The molecule has 0 heterocycles. The molecule has 2 aromatic carbocycles. The normalized spacial score (nSPS) is 10.0. The van der Waals surface area contributed by atoms with Crippen LogP contribution in [0.4, 0.5) is 4.39 Å². The summed E-state index contributed by atoms with van der Waals surface area (Å²) in [6, 6.07) is 9.46. The second kappa shape index (κ2) is 6.51. The second-order valence-corrected chi connectivity index (χ2v) is 5.38. The van der Waals surface area contributed by atoms with Crippen molar-refractivity contribution in [2.75, 3.05) is 0 Å². The number of nitrogens with zero attached hydrogens (tertiary/aromatic N) is 1. The van der Waals surface area contributed by atoms with Crippen LogP contribution in [0.15, 0.2) is 34.8 Å². The van der Waals surface area contributed by atoms with Crippen molar-refractivity contribution < 1.29 is 13.9 Å². The van der Waals surface area contributed by atoms with Gasteiger partial charge in [0.15, 0.2) is 6.29 Å². The van der Waals surface area contributed by atoms with E-state index in [1.807, 2.05) is 12.1 Å². The molecule has 0 spiro atoms. The summed E-state index contributed by atoms with van der Waals surface area (Å²) in [6.07, 6.45) is 0.690. The van der Waals surface area contributed by atoms with Crippen LogP contribution >= 0.6 is 15.9 Å². The van der Waals surface area contributed by atoms with Crippen LogP contribution in [-0.2, 0) is 6.61 Å². The quantitative estimate of drug-likeness (QED) is 0.780. The number of benzene rings is 2. The molecule has 0 aliphatic rings. The van der Waals surface area contributed by atoms with E-state index in [0.29, 0.717) is 23.2 Å². The number of nitriles is 1. The van der Waals surface area contributed by atoms with Crippen LogP contribution in [0.3, 0.4) is 0 Å². The van der Waals surface area contributed by atoms with E-state index < -0.39 is 5.82 Å². The van der Waals surface area contributed by atoms with E-state index in [0.717, 1.165) is 10.0 Å². The van der Waals surface area contributed by atoms with Gasteiger partial charge in [-0.3, -0.25) is 4.79 Å². The van der Waals surface area contributed by atoms with Crippen molar-refractivity contribution in [1.82, 2.24) is 0 Å². The summed E-state index contributed by atoms with van der Waals surface area (Å²) in [4.78, 5) is 11.1. The van der Waals surface area contributed by atoms with Crippen LogP contribution in [-0.4, -0.2) is 6.29 Å². The minimum atomic E-state index is -0.448. The zero-order valence-electron chi connectivity index (χ0n) is 11.2. The lowest BCUT2D eigenvalue weighted by molar-refractivity contribution is 0.111. The third kappa shape index (κ3) is 3.47. The first-order chi connectivity index (χ1) is 10.0. The Hall–Kier alpha value is -2.19. The molecule has 0 aliphatic heterocycles. The molecule has 0 bridgehead atoms. The molecule has 0 fully saturated rings. The molecule has 0 aliphatic carbocycles. The van der Waals surface area contributed by atoms with Gasteiger partial charge in [0.05, 0.1) is 17.2 Å². The van der Waals surface area contributed by atoms with Crippen LogP contribution in [0.2, 0.25) is 0 Å². The van der Waals surface area contributed by atoms with Crippen LogP contribution in [0.5, 0.6) is 5.75 Å². The van der Waals surface area contributed by atoms with Crippen molar-refractivity contribution in [3.8, 4) is 11.8 Å². The van der Waals surface area contributed by atoms with Crippen molar-refractivity contribution in [2.45, 2.75) is 13.5 Å². The lowest BCUT2D eigenvalue weighted by Crippen LogP contribution is -2.03. The Bertz CT molecular complexity index is 738. The lowest BCUT2D eigenvalue weighted by atomic mass is 10.1. The van der Waals surface area contributed by atoms with E-state index in [1.54, 1.807) is 13.0 Å². The van der Waals surface area contributed by atoms with E-state index in [4.69, 9.17) is 10.00 Å². The summed E-state index contributed by atoms with van der Waals surface area (Å²) in [5, 5.41) is 8.83. The Kier molecular flexibility index (Phi) is 4.71. The molecule has 0 radical (unpaired) electrons. The monoisotopic (exact) mass is 347 g/mol. The highest BCUT2D eigenvalue weighted by atomic mass is 79.9. The molecule has 21 heavy (non-hydrogen) atoms. The minimum Gasteiger partial charge on any atom is -0.488 e. The highest BCUT2D eigenvalue weighted by Crippen LogP contribution is 2.28. The Morgan fingerprint density at radius 2 is 2.14 bits per heavy atom. The predicted molar refractivity (Wildman–Crippen MR) is 79.7 cm³/mol. The molecule has 5 heteroatoms. The number of aldehydes is 1. The second-order valence-electron chi connectivity index (χ2n) is 4.47. The van der Waals surface area contributed by atoms with E-state index in [2.05, 4.69) is 15.9 Å². The summed E-state index contributed by atoms with van der Waals surface area (Å²) in [5.74, 6) is -0.0358. The molecule has 0 atom stereocenters.